The lowest BCUT2D eigenvalue weighted by molar-refractivity contribution is -0.385. The summed E-state index contributed by atoms with van der Waals surface area (Å²) in [7, 11) is -4.35. The van der Waals surface area contributed by atoms with Gasteiger partial charge in [0.15, 0.2) is 0 Å². The molecule has 1 amide bonds. The van der Waals surface area contributed by atoms with Crippen molar-refractivity contribution in [3.05, 3.63) is 146 Å². The fourth-order valence-corrected chi connectivity index (χ4v) is 6.13. The van der Waals surface area contributed by atoms with Crippen molar-refractivity contribution in [3.8, 4) is 0 Å². The number of nitrogens with zero attached hydrogens (tertiary/aromatic N) is 3. The Kier molecular flexibility index (Phi) is 9.56. The number of aromatic nitrogens is 1. The molecule has 240 valence electrons. The van der Waals surface area contributed by atoms with Gasteiger partial charge in [-0.05, 0) is 29.3 Å². The van der Waals surface area contributed by atoms with Crippen LogP contribution >= 0.6 is 0 Å². The van der Waals surface area contributed by atoms with Gasteiger partial charge < -0.3 is 14.8 Å². The molecule has 0 aliphatic carbocycles. The number of non-ortho nitro benzene ring substituents is 2. The zero-order chi connectivity index (χ0) is 33.6. The average Bonchev–Trinajstić information content (AvgIpc) is 3.45. The summed E-state index contributed by atoms with van der Waals surface area (Å²) >= 11 is 0. The molecule has 5 aromatic rings. The summed E-state index contributed by atoms with van der Waals surface area (Å²) in [6, 6.07) is 24.3. The number of hydrogen-bond acceptors (Lipinski definition) is 10. The lowest BCUT2D eigenvalue weighted by Crippen LogP contribution is -2.43. The number of alkyl carbamates (subject to hydrolysis) is 1. The number of ether oxygens (including phenoxy) is 2. The minimum atomic E-state index is -4.35. The summed E-state index contributed by atoms with van der Waals surface area (Å²) in [6.07, 6.45) is 0.335. The van der Waals surface area contributed by atoms with E-state index in [4.69, 9.17) is 9.47 Å². The van der Waals surface area contributed by atoms with E-state index in [9.17, 15) is 38.2 Å². The van der Waals surface area contributed by atoms with Crippen LogP contribution in [0.1, 0.15) is 16.7 Å². The maximum absolute atomic E-state index is 13.6. The zero-order valence-electron chi connectivity index (χ0n) is 24.4. The third-order valence-corrected chi connectivity index (χ3v) is 8.78. The van der Waals surface area contributed by atoms with Gasteiger partial charge in [-0.3, -0.25) is 20.2 Å². The Balaban J connectivity index is 1.41. The Labute approximate surface area is 267 Å². The van der Waals surface area contributed by atoms with Crippen LogP contribution in [0.4, 0.5) is 16.2 Å². The predicted octanol–water partition coefficient (Wildman–Crippen LogP) is 5.28. The first-order valence-electron chi connectivity index (χ1n) is 14.0. The zero-order valence-corrected chi connectivity index (χ0v) is 25.2. The summed E-state index contributed by atoms with van der Waals surface area (Å²) in [4.78, 5) is 47.0. The van der Waals surface area contributed by atoms with Crippen molar-refractivity contribution in [2.45, 2.75) is 30.6 Å². The summed E-state index contributed by atoms with van der Waals surface area (Å²) in [6.45, 7) is -0.549. The van der Waals surface area contributed by atoms with Crippen LogP contribution in [0.5, 0.6) is 0 Å². The normalized spacial score (nSPS) is 11.8. The van der Waals surface area contributed by atoms with Gasteiger partial charge in [-0.2, -0.15) is 0 Å². The number of rotatable bonds is 12. The van der Waals surface area contributed by atoms with Crippen molar-refractivity contribution in [2.24, 2.45) is 0 Å². The standard InChI is InChI=1S/C32H26N4O10S/c37-31(29(17-22-7-3-1-4-8-22)33-32(38)46-20-23-9-5-2-6-10-23)45-21-24-19-34(30-16-13-26(36(41)42)18-28(24)30)47(43,44)27-14-11-25(12-15-27)35(39)40/h1-16,18-19,29H,17,20-21H2,(H,33,38)/t29-/m0/s1. The van der Waals surface area contributed by atoms with Gasteiger partial charge in [0.1, 0.15) is 19.3 Å². The molecule has 4 aromatic carbocycles. The lowest BCUT2D eigenvalue weighted by Gasteiger charge is -2.18. The quantitative estimate of drug-likeness (QED) is 0.105. The van der Waals surface area contributed by atoms with E-state index in [1.807, 2.05) is 6.07 Å². The highest BCUT2D eigenvalue weighted by Crippen LogP contribution is 2.30. The van der Waals surface area contributed by atoms with Gasteiger partial charge >= 0.3 is 12.1 Å². The van der Waals surface area contributed by atoms with Crippen molar-refractivity contribution in [3.63, 3.8) is 0 Å². The van der Waals surface area contributed by atoms with Crippen LogP contribution < -0.4 is 5.32 Å². The lowest BCUT2D eigenvalue weighted by atomic mass is 10.1. The highest BCUT2D eigenvalue weighted by molar-refractivity contribution is 7.90. The summed E-state index contributed by atoms with van der Waals surface area (Å²) in [5.74, 6) is -0.866. The highest BCUT2D eigenvalue weighted by Gasteiger charge is 2.27. The number of nitro groups is 2. The Hall–Kier alpha value is -6.09. The molecule has 5 rings (SSSR count). The highest BCUT2D eigenvalue weighted by atomic mass is 32.2. The van der Waals surface area contributed by atoms with E-state index in [-0.39, 0.29) is 45.8 Å². The van der Waals surface area contributed by atoms with Gasteiger partial charge in [0, 0.05) is 47.8 Å². The Morgan fingerprint density at radius 3 is 1.98 bits per heavy atom. The van der Waals surface area contributed by atoms with Crippen LogP contribution in [0.3, 0.4) is 0 Å². The predicted molar refractivity (Wildman–Crippen MR) is 168 cm³/mol. The average molecular weight is 659 g/mol. The summed E-state index contributed by atoms with van der Waals surface area (Å²) < 4.78 is 38.9. The van der Waals surface area contributed by atoms with Gasteiger partial charge in [0.2, 0.25) is 0 Å². The number of esters is 1. The van der Waals surface area contributed by atoms with Crippen LogP contribution in [-0.4, -0.2) is 40.3 Å². The second-order valence-electron chi connectivity index (χ2n) is 10.2. The molecule has 0 bridgehead atoms. The van der Waals surface area contributed by atoms with Gasteiger partial charge in [-0.15, -0.1) is 0 Å². The first-order valence-corrected chi connectivity index (χ1v) is 15.4. The summed E-state index contributed by atoms with van der Waals surface area (Å²) in [5, 5.41) is 25.2. The molecule has 0 saturated heterocycles. The number of carbonyl (C=O) groups excluding carboxylic acids is 2. The topological polar surface area (TPSA) is 190 Å². The van der Waals surface area contributed by atoms with E-state index in [1.165, 1.54) is 6.07 Å². The first-order chi connectivity index (χ1) is 22.5. The minimum Gasteiger partial charge on any atom is -0.459 e. The second kappa shape index (κ2) is 13.9. The molecule has 0 aliphatic rings. The third-order valence-electron chi connectivity index (χ3n) is 7.09. The fraction of sp³-hybridized carbons (Fsp3) is 0.125. The largest absolute Gasteiger partial charge is 0.459 e. The van der Waals surface area contributed by atoms with E-state index in [2.05, 4.69) is 5.32 Å². The van der Waals surface area contributed by atoms with Crippen LogP contribution in [-0.2, 0) is 43.9 Å². The van der Waals surface area contributed by atoms with E-state index in [0.29, 0.717) is 5.56 Å². The van der Waals surface area contributed by atoms with Gasteiger partial charge in [0.05, 0.1) is 20.3 Å². The first kappa shape index (κ1) is 32.3. The van der Waals surface area contributed by atoms with Crippen LogP contribution in [0.15, 0.2) is 114 Å². The molecule has 1 N–H and O–H groups in total. The second-order valence-corrected chi connectivity index (χ2v) is 12.0. The number of hydrogen-bond donors (Lipinski definition) is 1. The number of fused-ring (bicyclic) bond motifs is 1. The molecule has 0 saturated carbocycles. The summed E-state index contributed by atoms with van der Waals surface area (Å²) in [5.41, 5.74) is 0.960. The Bertz CT molecular complexity index is 2050. The number of nitrogens with one attached hydrogen (secondary N) is 1. The van der Waals surface area contributed by atoms with Crippen molar-refractivity contribution in [2.75, 3.05) is 0 Å². The van der Waals surface area contributed by atoms with Crippen LogP contribution in [0.2, 0.25) is 0 Å². The monoisotopic (exact) mass is 658 g/mol. The number of carbonyl (C=O) groups is 2. The molecular formula is C32H26N4O10S. The molecule has 1 heterocycles. The van der Waals surface area contributed by atoms with Crippen LogP contribution in [0, 0.1) is 20.2 Å². The maximum Gasteiger partial charge on any atom is 0.408 e. The van der Waals surface area contributed by atoms with Crippen LogP contribution in [0.25, 0.3) is 10.9 Å². The molecule has 0 unspecified atom stereocenters. The van der Waals surface area contributed by atoms with Gasteiger partial charge in [-0.25, -0.2) is 22.0 Å². The molecule has 1 aromatic heterocycles. The molecular weight excluding hydrogens is 632 g/mol. The van der Waals surface area contributed by atoms with Crippen molar-refractivity contribution in [1.82, 2.24) is 9.29 Å². The fourth-order valence-electron chi connectivity index (χ4n) is 4.73. The molecule has 47 heavy (non-hydrogen) atoms. The molecule has 0 spiro atoms. The molecule has 14 nitrogen and oxygen atoms in total. The number of benzene rings is 4. The number of amides is 1. The Morgan fingerprint density at radius 1 is 0.766 bits per heavy atom. The maximum atomic E-state index is 13.6. The molecule has 1 atom stereocenters. The smallest absolute Gasteiger partial charge is 0.408 e. The van der Waals surface area contributed by atoms with Crippen molar-refractivity contribution in [1.29, 1.82) is 0 Å². The SMILES string of the molecule is O=C(N[C@@H](Cc1ccccc1)C(=O)OCc1cn(S(=O)(=O)c2ccc([N+](=O)[O-])cc2)c2ccc([N+](=O)[O-])cc12)OCc1ccccc1. The van der Waals surface area contributed by atoms with Crippen molar-refractivity contribution >= 4 is 44.4 Å². The molecule has 0 aliphatic heterocycles. The van der Waals surface area contributed by atoms with Gasteiger partial charge in [-0.1, -0.05) is 60.7 Å². The van der Waals surface area contributed by atoms with E-state index < -0.39 is 44.6 Å². The van der Waals surface area contributed by atoms with Gasteiger partial charge in [0.25, 0.3) is 21.4 Å². The third kappa shape index (κ3) is 7.59. The minimum absolute atomic E-state index is 0.0404. The van der Waals surface area contributed by atoms with E-state index in [1.54, 1.807) is 54.6 Å². The van der Waals surface area contributed by atoms with E-state index in [0.717, 1.165) is 52.1 Å². The van der Waals surface area contributed by atoms with Crippen molar-refractivity contribution < 1.29 is 37.3 Å². The molecule has 0 fully saturated rings. The van der Waals surface area contributed by atoms with E-state index >= 15 is 0 Å². The Morgan fingerprint density at radius 2 is 1.36 bits per heavy atom. The molecule has 0 radical (unpaired) electrons. The molecule has 15 heteroatoms. The number of nitro benzene ring substituents is 2.